The molecule has 0 fully saturated rings. The Morgan fingerprint density at radius 3 is 2.28 bits per heavy atom. The highest BCUT2D eigenvalue weighted by Crippen LogP contribution is 2.29. The number of fused-ring (bicyclic) bond motifs is 1. The van der Waals surface area contributed by atoms with E-state index in [1.54, 1.807) is 4.57 Å². The molecule has 1 atom stereocenters. The molecule has 0 bridgehead atoms. The maximum absolute atomic E-state index is 14.0. The topological polar surface area (TPSA) is 55.2 Å². The zero-order valence-electron chi connectivity index (χ0n) is 21.9. The molecule has 1 aromatic heterocycles. The number of carbonyl (C=O) groups is 1. The minimum Gasteiger partial charge on any atom is -0.328 e. The number of aryl methyl sites for hydroxylation is 2. The number of benzene rings is 3. The minimum absolute atomic E-state index is 0.0292. The van der Waals surface area contributed by atoms with Crippen LogP contribution < -0.4 is 5.56 Å². The van der Waals surface area contributed by atoms with Gasteiger partial charge in [0, 0.05) is 12.1 Å². The van der Waals surface area contributed by atoms with Gasteiger partial charge in [0.1, 0.15) is 5.82 Å². The van der Waals surface area contributed by atoms with E-state index in [0.29, 0.717) is 41.2 Å². The number of carbonyl (C=O) groups excluding carboxylic acids is 1. The molecule has 0 aliphatic rings. The third-order valence-electron chi connectivity index (χ3n) is 6.74. The van der Waals surface area contributed by atoms with Crippen molar-refractivity contribution in [1.29, 1.82) is 0 Å². The van der Waals surface area contributed by atoms with Crippen LogP contribution in [0.4, 0.5) is 0 Å². The van der Waals surface area contributed by atoms with Crippen LogP contribution in [0, 0.1) is 19.8 Å². The zero-order chi connectivity index (χ0) is 25.8. The molecule has 0 aliphatic heterocycles. The quantitative estimate of drug-likeness (QED) is 0.283. The van der Waals surface area contributed by atoms with Crippen LogP contribution in [-0.2, 0) is 0 Å². The summed E-state index contributed by atoms with van der Waals surface area (Å²) in [6, 6.07) is 22.7. The number of aromatic nitrogens is 2. The summed E-state index contributed by atoms with van der Waals surface area (Å²) in [5, 5.41) is 0.565. The van der Waals surface area contributed by atoms with Crippen molar-refractivity contribution >= 4 is 16.8 Å². The normalized spacial score (nSPS) is 12.2. The van der Waals surface area contributed by atoms with Gasteiger partial charge in [-0.15, -0.1) is 0 Å². The summed E-state index contributed by atoms with van der Waals surface area (Å²) in [6.45, 7) is 10.9. The summed E-state index contributed by atoms with van der Waals surface area (Å²) < 4.78 is 1.70. The van der Waals surface area contributed by atoms with Gasteiger partial charge in [-0.05, 0) is 68.5 Å². The number of rotatable bonds is 8. The van der Waals surface area contributed by atoms with Gasteiger partial charge in [-0.1, -0.05) is 68.8 Å². The van der Waals surface area contributed by atoms with Gasteiger partial charge in [-0.2, -0.15) is 0 Å². The van der Waals surface area contributed by atoms with Gasteiger partial charge in [-0.25, -0.2) is 4.98 Å². The van der Waals surface area contributed by atoms with E-state index in [9.17, 15) is 9.59 Å². The van der Waals surface area contributed by atoms with Crippen molar-refractivity contribution in [2.75, 3.05) is 6.54 Å². The standard InChI is InChI=1S/C31H35N3O2/c1-6-28(33(20-19-21(2)3)30(35)25-12-8-7-11-23(25)5)29-32-27-14-10-9-13-26(27)31(36)34(29)24-17-15-22(4)16-18-24/h7-18,21,28H,6,19-20H2,1-5H3. The summed E-state index contributed by atoms with van der Waals surface area (Å²) in [5.41, 5.74) is 4.02. The highest BCUT2D eigenvalue weighted by molar-refractivity contribution is 5.96. The van der Waals surface area contributed by atoms with E-state index < -0.39 is 0 Å². The van der Waals surface area contributed by atoms with Gasteiger partial charge in [0.15, 0.2) is 0 Å². The molecule has 0 saturated carbocycles. The van der Waals surface area contributed by atoms with Gasteiger partial charge in [-0.3, -0.25) is 14.2 Å². The van der Waals surface area contributed by atoms with Crippen molar-refractivity contribution in [1.82, 2.24) is 14.5 Å². The van der Waals surface area contributed by atoms with Crippen LogP contribution in [0.15, 0.2) is 77.6 Å². The van der Waals surface area contributed by atoms with E-state index in [-0.39, 0.29) is 17.5 Å². The third-order valence-corrected chi connectivity index (χ3v) is 6.74. The smallest absolute Gasteiger partial charge is 0.266 e. The van der Waals surface area contributed by atoms with Gasteiger partial charge < -0.3 is 4.90 Å². The molecule has 36 heavy (non-hydrogen) atoms. The van der Waals surface area contributed by atoms with Crippen LogP contribution >= 0.6 is 0 Å². The largest absolute Gasteiger partial charge is 0.328 e. The van der Waals surface area contributed by atoms with E-state index in [1.807, 2.05) is 91.5 Å². The lowest BCUT2D eigenvalue weighted by Crippen LogP contribution is -2.39. The molecule has 5 nitrogen and oxygen atoms in total. The van der Waals surface area contributed by atoms with Crippen molar-refractivity contribution in [2.45, 2.75) is 53.5 Å². The molecule has 0 spiro atoms. The molecular weight excluding hydrogens is 446 g/mol. The molecular formula is C31H35N3O2. The average molecular weight is 482 g/mol. The summed E-state index contributed by atoms with van der Waals surface area (Å²) >= 11 is 0. The number of hydrogen-bond donors (Lipinski definition) is 0. The Hall–Kier alpha value is -3.73. The number of hydrogen-bond acceptors (Lipinski definition) is 3. The van der Waals surface area contributed by atoms with E-state index in [1.165, 1.54) is 0 Å². The Bertz CT molecular complexity index is 1420. The number of nitrogens with zero attached hydrogens (tertiary/aromatic N) is 3. The fourth-order valence-corrected chi connectivity index (χ4v) is 4.62. The van der Waals surface area contributed by atoms with Crippen LogP contribution in [0.2, 0.25) is 0 Å². The second kappa shape index (κ2) is 10.9. The molecule has 0 saturated heterocycles. The molecule has 0 N–H and O–H groups in total. The Morgan fingerprint density at radius 1 is 0.944 bits per heavy atom. The SMILES string of the molecule is CCC(c1nc2ccccc2c(=O)n1-c1ccc(C)cc1)N(CCC(C)C)C(=O)c1ccccc1C. The van der Waals surface area contributed by atoms with Gasteiger partial charge in [0.05, 0.1) is 22.6 Å². The summed E-state index contributed by atoms with van der Waals surface area (Å²) in [6.07, 6.45) is 1.49. The van der Waals surface area contributed by atoms with E-state index in [4.69, 9.17) is 4.98 Å². The molecule has 5 heteroatoms. The lowest BCUT2D eigenvalue weighted by molar-refractivity contribution is 0.0648. The van der Waals surface area contributed by atoms with Crippen molar-refractivity contribution in [3.63, 3.8) is 0 Å². The van der Waals surface area contributed by atoms with Crippen LogP contribution in [0.3, 0.4) is 0 Å². The Morgan fingerprint density at radius 2 is 1.61 bits per heavy atom. The van der Waals surface area contributed by atoms with E-state index in [0.717, 1.165) is 23.2 Å². The van der Waals surface area contributed by atoms with Crippen molar-refractivity contribution in [3.8, 4) is 5.69 Å². The summed E-state index contributed by atoms with van der Waals surface area (Å²) in [5.74, 6) is 0.993. The highest BCUT2D eigenvalue weighted by atomic mass is 16.2. The summed E-state index contributed by atoms with van der Waals surface area (Å²) in [7, 11) is 0. The zero-order valence-corrected chi connectivity index (χ0v) is 21.9. The van der Waals surface area contributed by atoms with Crippen LogP contribution in [0.1, 0.15) is 67.0 Å². The monoisotopic (exact) mass is 481 g/mol. The number of para-hydroxylation sites is 1. The predicted octanol–water partition coefficient (Wildman–Crippen LogP) is 6.64. The molecule has 0 aliphatic carbocycles. The average Bonchev–Trinajstić information content (AvgIpc) is 2.87. The van der Waals surface area contributed by atoms with Gasteiger partial charge in [0.25, 0.3) is 11.5 Å². The molecule has 4 rings (SSSR count). The van der Waals surface area contributed by atoms with Crippen LogP contribution in [0.5, 0.6) is 0 Å². The van der Waals surface area contributed by atoms with Crippen molar-refractivity contribution < 1.29 is 4.79 Å². The fourth-order valence-electron chi connectivity index (χ4n) is 4.62. The Labute approximate surface area is 213 Å². The lowest BCUT2D eigenvalue weighted by Gasteiger charge is -2.33. The third kappa shape index (κ3) is 5.11. The first-order chi connectivity index (χ1) is 17.3. The Balaban J connectivity index is 1.95. The first kappa shape index (κ1) is 25.4. The molecule has 0 radical (unpaired) electrons. The van der Waals surface area contributed by atoms with Gasteiger partial charge in [0.2, 0.25) is 0 Å². The van der Waals surface area contributed by atoms with Crippen LogP contribution in [0.25, 0.3) is 16.6 Å². The molecule has 186 valence electrons. The molecule has 4 aromatic rings. The van der Waals surface area contributed by atoms with E-state index in [2.05, 4.69) is 20.8 Å². The van der Waals surface area contributed by atoms with E-state index >= 15 is 0 Å². The highest BCUT2D eigenvalue weighted by Gasteiger charge is 2.30. The lowest BCUT2D eigenvalue weighted by atomic mass is 10.0. The van der Waals surface area contributed by atoms with Crippen molar-refractivity contribution in [3.05, 3.63) is 106 Å². The Kier molecular flexibility index (Phi) is 7.68. The first-order valence-electron chi connectivity index (χ1n) is 12.8. The molecule has 1 unspecified atom stereocenters. The summed E-state index contributed by atoms with van der Waals surface area (Å²) in [4.78, 5) is 34.8. The van der Waals surface area contributed by atoms with Crippen LogP contribution in [-0.4, -0.2) is 26.9 Å². The second-order valence-corrected chi connectivity index (χ2v) is 9.88. The fraction of sp³-hybridized carbons (Fsp3) is 0.323. The maximum atomic E-state index is 14.0. The predicted molar refractivity (Wildman–Crippen MR) is 147 cm³/mol. The molecule has 1 amide bonds. The molecule has 3 aromatic carbocycles. The first-order valence-corrected chi connectivity index (χ1v) is 12.8. The van der Waals surface area contributed by atoms with Gasteiger partial charge >= 0.3 is 0 Å². The maximum Gasteiger partial charge on any atom is 0.266 e. The number of amides is 1. The second-order valence-electron chi connectivity index (χ2n) is 9.88. The molecule has 1 heterocycles. The minimum atomic E-state index is -0.366. The van der Waals surface area contributed by atoms with Crippen molar-refractivity contribution in [2.24, 2.45) is 5.92 Å².